The number of rotatable bonds is 2. The van der Waals surface area contributed by atoms with Crippen LogP contribution in [0.4, 0.5) is 0 Å². The van der Waals surface area contributed by atoms with Crippen LogP contribution in [0.3, 0.4) is 0 Å². The summed E-state index contributed by atoms with van der Waals surface area (Å²) >= 11 is 0. The third kappa shape index (κ3) is 3.06. The van der Waals surface area contributed by atoms with Crippen LogP contribution in [0.1, 0.15) is 43.9 Å². The molecule has 0 aliphatic heterocycles. The number of aryl methyl sites for hydroxylation is 1. The van der Waals surface area contributed by atoms with Gasteiger partial charge in [0.25, 0.3) is 5.56 Å². The maximum Gasteiger partial charge on any atom is 0.264 e. The smallest absolute Gasteiger partial charge is 0.264 e. The third-order valence-corrected chi connectivity index (χ3v) is 5.27. The average molecular weight is 341 g/mol. The van der Waals surface area contributed by atoms with Crippen LogP contribution in [-0.4, -0.2) is 4.57 Å². The summed E-state index contributed by atoms with van der Waals surface area (Å²) in [7, 11) is 0. The molecule has 26 heavy (non-hydrogen) atoms. The molecule has 0 saturated heterocycles. The van der Waals surface area contributed by atoms with Gasteiger partial charge in [0, 0.05) is 22.9 Å². The van der Waals surface area contributed by atoms with Gasteiger partial charge < -0.3 is 0 Å². The van der Waals surface area contributed by atoms with Crippen LogP contribution in [-0.2, 0) is 6.42 Å². The van der Waals surface area contributed by atoms with Gasteiger partial charge in [0.15, 0.2) is 0 Å². The van der Waals surface area contributed by atoms with Gasteiger partial charge in [-0.15, -0.1) is 0 Å². The molecular weight excluding hydrogens is 318 g/mol. The summed E-state index contributed by atoms with van der Waals surface area (Å²) in [5, 5.41) is 1.72. The fraction of sp³-hybridized carbons (Fsp3) is 0.292. The van der Waals surface area contributed by atoms with E-state index in [1.165, 1.54) is 25.7 Å². The molecule has 1 aliphatic rings. The number of nitrogens with zero attached hydrogens (tertiary/aromatic N) is 1. The number of aromatic nitrogens is 1. The minimum atomic E-state index is 0.0295. The molecule has 1 fully saturated rings. The second-order valence-corrected chi connectivity index (χ2v) is 6.99. The van der Waals surface area contributed by atoms with Gasteiger partial charge in [-0.05, 0) is 48.9 Å². The van der Waals surface area contributed by atoms with Gasteiger partial charge in [-0.1, -0.05) is 61.9 Å². The van der Waals surface area contributed by atoms with Crippen molar-refractivity contribution >= 4 is 10.8 Å². The Kier molecular flexibility index (Phi) is 4.63. The lowest BCUT2D eigenvalue weighted by Gasteiger charge is -2.14. The molecule has 4 rings (SSSR count). The lowest BCUT2D eigenvalue weighted by atomic mass is 10.0. The van der Waals surface area contributed by atoms with Gasteiger partial charge in [-0.2, -0.15) is 0 Å². The molecule has 0 unspecified atom stereocenters. The van der Waals surface area contributed by atoms with Crippen LogP contribution in [0.2, 0.25) is 0 Å². The minimum Gasteiger partial charge on any atom is -0.281 e. The van der Waals surface area contributed by atoms with Crippen LogP contribution in [0.15, 0.2) is 59.4 Å². The number of hydrogen-bond acceptors (Lipinski definition) is 1. The monoisotopic (exact) mass is 341 g/mol. The molecule has 1 heterocycles. The molecule has 0 amide bonds. The molecule has 3 aromatic rings. The molecule has 1 aromatic heterocycles. The quantitative estimate of drug-likeness (QED) is 0.595. The average Bonchev–Trinajstić information content (AvgIpc) is 3.20. The lowest BCUT2D eigenvalue weighted by Crippen LogP contribution is -2.22. The first-order valence-corrected chi connectivity index (χ1v) is 9.52. The minimum absolute atomic E-state index is 0.0295. The van der Waals surface area contributed by atoms with Gasteiger partial charge >= 0.3 is 0 Å². The molecule has 0 radical (unpaired) electrons. The third-order valence-electron chi connectivity index (χ3n) is 5.27. The normalized spacial score (nSPS) is 14.3. The van der Waals surface area contributed by atoms with E-state index in [4.69, 9.17) is 0 Å². The zero-order valence-electron chi connectivity index (χ0n) is 15.2. The Morgan fingerprint density at radius 2 is 1.81 bits per heavy atom. The molecule has 0 N–H and O–H groups in total. The first kappa shape index (κ1) is 16.7. The Balaban J connectivity index is 1.94. The number of benzene rings is 2. The van der Waals surface area contributed by atoms with Crippen LogP contribution < -0.4 is 5.56 Å². The van der Waals surface area contributed by atoms with Crippen molar-refractivity contribution in [1.82, 2.24) is 4.57 Å². The largest absolute Gasteiger partial charge is 0.281 e. The van der Waals surface area contributed by atoms with E-state index in [2.05, 4.69) is 24.8 Å². The number of fused-ring (bicyclic) bond motifs is 1. The second-order valence-electron chi connectivity index (χ2n) is 6.99. The van der Waals surface area contributed by atoms with E-state index < -0.39 is 0 Å². The summed E-state index contributed by atoms with van der Waals surface area (Å²) in [6.07, 6.45) is 5.72. The number of para-hydroxylation sites is 1. The molecule has 130 valence electrons. The summed E-state index contributed by atoms with van der Waals surface area (Å²) in [6, 6.07) is 18.0. The first-order chi connectivity index (χ1) is 12.8. The van der Waals surface area contributed by atoms with Crippen LogP contribution >= 0.6 is 0 Å². The summed E-state index contributed by atoms with van der Waals surface area (Å²) < 4.78 is 1.84. The molecule has 1 aliphatic carbocycles. The first-order valence-electron chi connectivity index (χ1n) is 9.52. The molecule has 0 bridgehead atoms. The summed E-state index contributed by atoms with van der Waals surface area (Å²) in [4.78, 5) is 13.4. The fourth-order valence-corrected chi connectivity index (χ4v) is 3.89. The SMILES string of the molecule is CCc1cc2cccc(C#CC3CCCC3)c2c(=O)n1-c1ccccc1. The zero-order chi connectivity index (χ0) is 17.9. The van der Waals surface area contributed by atoms with Crippen LogP contribution in [0.5, 0.6) is 0 Å². The van der Waals surface area contributed by atoms with Gasteiger partial charge in [0.1, 0.15) is 0 Å². The predicted octanol–water partition coefficient (Wildman–Crippen LogP) is 5.09. The molecule has 2 heteroatoms. The van der Waals surface area contributed by atoms with Gasteiger partial charge in [-0.3, -0.25) is 9.36 Å². The Hall–Kier alpha value is -2.79. The van der Waals surface area contributed by atoms with Crippen molar-refractivity contribution in [1.29, 1.82) is 0 Å². The van der Waals surface area contributed by atoms with E-state index in [-0.39, 0.29) is 5.56 Å². The maximum absolute atomic E-state index is 13.4. The van der Waals surface area contributed by atoms with Crippen LogP contribution in [0, 0.1) is 17.8 Å². The van der Waals surface area contributed by atoms with E-state index >= 15 is 0 Å². The zero-order valence-corrected chi connectivity index (χ0v) is 15.2. The van der Waals surface area contributed by atoms with E-state index in [9.17, 15) is 4.79 Å². The van der Waals surface area contributed by atoms with Gasteiger partial charge in [0.05, 0.1) is 5.39 Å². The summed E-state index contributed by atoms with van der Waals surface area (Å²) in [5.74, 6) is 7.21. The van der Waals surface area contributed by atoms with Crippen molar-refractivity contribution in [3.63, 3.8) is 0 Å². The number of hydrogen-bond donors (Lipinski definition) is 0. The standard InChI is InChI=1S/C24H23NO/c1-2-21-17-20-12-8-11-19(16-15-18-9-6-7-10-18)23(20)24(26)25(21)22-13-4-3-5-14-22/h3-5,8,11-14,17-18H,2,6-7,9-10H2,1H3. The van der Waals surface area contributed by atoms with Gasteiger partial charge in [0.2, 0.25) is 0 Å². The highest BCUT2D eigenvalue weighted by atomic mass is 16.1. The molecule has 0 atom stereocenters. The van der Waals surface area contributed by atoms with Crippen molar-refractivity contribution in [2.45, 2.75) is 39.0 Å². The Bertz CT molecular complexity index is 1040. The Morgan fingerprint density at radius 1 is 1.04 bits per heavy atom. The Morgan fingerprint density at radius 3 is 2.54 bits per heavy atom. The summed E-state index contributed by atoms with van der Waals surface area (Å²) in [6.45, 7) is 2.09. The highest BCUT2D eigenvalue weighted by Gasteiger charge is 2.14. The van der Waals surface area contributed by atoms with Crippen LogP contribution in [0.25, 0.3) is 16.5 Å². The maximum atomic E-state index is 13.4. The van der Waals surface area contributed by atoms with Crippen molar-refractivity contribution in [3.8, 4) is 17.5 Å². The molecule has 1 saturated carbocycles. The second kappa shape index (κ2) is 7.22. The predicted molar refractivity (Wildman–Crippen MR) is 108 cm³/mol. The van der Waals surface area contributed by atoms with E-state index in [0.29, 0.717) is 5.92 Å². The van der Waals surface area contributed by atoms with Crippen molar-refractivity contribution < 1.29 is 0 Å². The lowest BCUT2D eigenvalue weighted by molar-refractivity contribution is 0.712. The van der Waals surface area contributed by atoms with E-state index in [1.807, 2.05) is 53.1 Å². The summed E-state index contributed by atoms with van der Waals surface area (Å²) in [5.41, 5.74) is 2.82. The van der Waals surface area contributed by atoms with Crippen molar-refractivity contribution in [3.05, 3.63) is 76.2 Å². The molecule has 2 nitrogen and oxygen atoms in total. The number of pyridine rings is 1. The highest BCUT2D eigenvalue weighted by Crippen LogP contribution is 2.24. The van der Waals surface area contributed by atoms with Gasteiger partial charge in [-0.25, -0.2) is 0 Å². The van der Waals surface area contributed by atoms with E-state index in [0.717, 1.165) is 34.1 Å². The Labute approximate surface area is 154 Å². The molecular formula is C24H23NO. The van der Waals surface area contributed by atoms with Crippen molar-refractivity contribution in [2.75, 3.05) is 0 Å². The highest BCUT2D eigenvalue weighted by molar-refractivity contribution is 5.88. The topological polar surface area (TPSA) is 22.0 Å². The fourth-order valence-electron chi connectivity index (χ4n) is 3.89. The van der Waals surface area contributed by atoms with Crippen molar-refractivity contribution in [2.24, 2.45) is 5.92 Å². The molecule has 0 spiro atoms. The van der Waals surface area contributed by atoms with E-state index in [1.54, 1.807) is 0 Å². The molecule has 2 aromatic carbocycles.